The number of hydrogen-bond acceptors (Lipinski definition) is 3. The zero-order valence-electron chi connectivity index (χ0n) is 9.87. The number of aromatic carboxylic acids is 1. The van der Waals surface area contributed by atoms with E-state index in [0.29, 0.717) is 18.6 Å². The average molecular weight is 268 g/mol. The van der Waals surface area contributed by atoms with E-state index in [1.807, 2.05) is 0 Å². The second kappa shape index (κ2) is 7.06. The maximum atomic E-state index is 11.1. The predicted molar refractivity (Wildman–Crippen MR) is 71.3 cm³/mol. The second-order valence-electron chi connectivity index (χ2n) is 4.11. The van der Waals surface area contributed by atoms with Crippen molar-refractivity contribution >= 4 is 24.6 Å². The molecule has 0 bridgehead atoms. The van der Waals surface area contributed by atoms with Gasteiger partial charge in [0.15, 0.2) is 0 Å². The summed E-state index contributed by atoms with van der Waals surface area (Å²) in [5, 5.41) is 17.8. The molecule has 0 spiro atoms. The van der Waals surface area contributed by atoms with Crippen molar-refractivity contribution in [3.8, 4) is 0 Å². The Balaban J connectivity index is 2.68. The van der Waals surface area contributed by atoms with E-state index in [-0.39, 0.29) is 5.56 Å². The molecule has 1 aromatic rings. The molecule has 18 heavy (non-hydrogen) atoms. The van der Waals surface area contributed by atoms with Crippen LogP contribution in [0.3, 0.4) is 0 Å². The molecule has 0 amide bonds. The molecule has 0 saturated heterocycles. The molecule has 0 fully saturated rings. The zero-order chi connectivity index (χ0) is 13.5. The van der Waals surface area contributed by atoms with E-state index in [2.05, 4.69) is 12.6 Å². The minimum atomic E-state index is -0.980. The van der Waals surface area contributed by atoms with Crippen molar-refractivity contribution in [3.05, 3.63) is 35.4 Å². The summed E-state index contributed by atoms with van der Waals surface area (Å²) in [6.07, 6.45) is 1.76. The molecule has 1 atom stereocenters. The molecule has 0 aliphatic heterocycles. The molecule has 0 aliphatic carbocycles. The van der Waals surface area contributed by atoms with Crippen LogP contribution in [0.4, 0.5) is 0 Å². The van der Waals surface area contributed by atoms with Crippen LogP contribution in [0.1, 0.15) is 28.8 Å². The van der Waals surface area contributed by atoms with Crippen LogP contribution in [0.5, 0.6) is 0 Å². The summed E-state index contributed by atoms with van der Waals surface area (Å²) in [4.78, 5) is 21.7. The lowest BCUT2D eigenvalue weighted by Gasteiger charge is -2.11. The molecule has 0 aromatic heterocycles. The number of aliphatic carboxylic acids is 1. The first kappa shape index (κ1) is 14.6. The fourth-order valence-corrected chi connectivity index (χ4v) is 1.90. The lowest BCUT2D eigenvalue weighted by molar-refractivity contribution is -0.141. The molecule has 4 nitrogen and oxygen atoms in total. The van der Waals surface area contributed by atoms with Crippen LogP contribution in [-0.4, -0.2) is 27.9 Å². The van der Waals surface area contributed by atoms with Crippen molar-refractivity contribution < 1.29 is 19.8 Å². The van der Waals surface area contributed by atoms with Crippen molar-refractivity contribution in [2.45, 2.75) is 19.3 Å². The molecule has 1 rings (SSSR count). The highest BCUT2D eigenvalue weighted by Crippen LogP contribution is 2.16. The van der Waals surface area contributed by atoms with Crippen LogP contribution >= 0.6 is 12.6 Å². The lowest BCUT2D eigenvalue weighted by atomic mass is 9.95. The van der Waals surface area contributed by atoms with Gasteiger partial charge in [-0.25, -0.2) is 4.79 Å². The maximum absolute atomic E-state index is 11.1. The number of carbonyl (C=O) groups is 2. The topological polar surface area (TPSA) is 74.6 Å². The van der Waals surface area contributed by atoms with E-state index in [1.54, 1.807) is 12.1 Å². The van der Waals surface area contributed by atoms with Gasteiger partial charge in [0, 0.05) is 0 Å². The predicted octanol–water partition coefficient (Wildman–Crippen LogP) is 2.34. The molecule has 1 aromatic carbocycles. The molecule has 98 valence electrons. The van der Waals surface area contributed by atoms with Crippen molar-refractivity contribution in [2.75, 3.05) is 5.75 Å². The SMILES string of the molecule is O=C(O)c1ccc(CC(CCCS)C(=O)O)cc1. The van der Waals surface area contributed by atoms with Crippen LogP contribution in [0.15, 0.2) is 24.3 Å². The van der Waals surface area contributed by atoms with Gasteiger partial charge in [-0.2, -0.15) is 12.6 Å². The Hall–Kier alpha value is -1.49. The van der Waals surface area contributed by atoms with Gasteiger partial charge in [0.25, 0.3) is 0 Å². The normalized spacial score (nSPS) is 12.1. The number of carboxylic acids is 2. The summed E-state index contributed by atoms with van der Waals surface area (Å²) in [6, 6.07) is 6.32. The van der Waals surface area contributed by atoms with Crippen molar-refractivity contribution in [1.29, 1.82) is 0 Å². The van der Waals surface area contributed by atoms with Crippen molar-refractivity contribution in [1.82, 2.24) is 0 Å². The molecule has 0 radical (unpaired) electrons. The third kappa shape index (κ3) is 4.41. The van der Waals surface area contributed by atoms with Gasteiger partial charge in [-0.05, 0) is 42.7 Å². The van der Waals surface area contributed by atoms with Gasteiger partial charge in [-0.1, -0.05) is 12.1 Å². The summed E-state index contributed by atoms with van der Waals surface area (Å²) in [7, 11) is 0. The average Bonchev–Trinajstić information content (AvgIpc) is 2.34. The van der Waals surface area contributed by atoms with E-state index < -0.39 is 17.9 Å². The fraction of sp³-hybridized carbons (Fsp3) is 0.385. The van der Waals surface area contributed by atoms with Crippen LogP contribution in [0, 0.1) is 5.92 Å². The Kier molecular flexibility index (Phi) is 5.71. The largest absolute Gasteiger partial charge is 0.481 e. The first-order valence-corrected chi connectivity index (χ1v) is 6.33. The Labute approximate surface area is 111 Å². The molecule has 0 aliphatic rings. The molecule has 5 heteroatoms. The van der Waals surface area contributed by atoms with Crippen LogP contribution < -0.4 is 0 Å². The molecule has 1 unspecified atom stereocenters. The Bertz CT molecular complexity index is 414. The maximum Gasteiger partial charge on any atom is 0.335 e. The van der Waals surface area contributed by atoms with Gasteiger partial charge in [0.1, 0.15) is 0 Å². The van der Waals surface area contributed by atoms with E-state index in [4.69, 9.17) is 10.2 Å². The number of thiol groups is 1. The highest BCUT2D eigenvalue weighted by atomic mass is 32.1. The second-order valence-corrected chi connectivity index (χ2v) is 4.55. The number of carboxylic acid groups (broad SMARTS) is 2. The highest BCUT2D eigenvalue weighted by molar-refractivity contribution is 7.80. The molecule has 0 saturated carbocycles. The summed E-state index contributed by atoms with van der Waals surface area (Å²) in [5.41, 5.74) is 1.05. The van der Waals surface area contributed by atoms with Crippen LogP contribution in [-0.2, 0) is 11.2 Å². The van der Waals surface area contributed by atoms with Gasteiger partial charge >= 0.3 is 11.9 Å². The minimum absolute atomic E-state index is 0.209. The Morgan fingerprint density at radius 2 is 1.78 bits per heavy atom. The quantitative estimate of drug-likeness (QED) is 0.663. The van der Waals surface area contributed by atoms with E-state index in [1.165, 1.54) is 12.1 Å². The van der Waals surface area contributed by atoms with Crippen molar-refractivity contribution in [2.24, 2.45) is 5.92 Å². The fourth-order valence-electron chi connectivity index (χ4n) is 1.72. The summed E-state index contributed by atoms with van der Waals surface area (Å²) in [5.74, 6) is -1.57. The van der Waals surface area contributed by atoms with Crippen molar-refractivity contribution in [3.63, 3.8) is 0 Å². The smallest absolute Gasteiger partial charge is 0.335 e. The Morgan fingerprint density at radius 3 is 2.22 bits per heavy atom. The minimum Gasteiger partial charge on any atom is -0.481 e. The molecular weight excluding hydrogens is 252 g/mol. The summed E-state index contributed by atoms with van der Waals surface area (Å²) in [6.45, 7) is 0. The van der Waals surface area contributed by atoms with Crippen LogP contribution in [0.25, 0.3) is 0 Å². The van der Waals surface area contributed by atoms with Gasteiger partial charge in [-0.15, -0.1) is 0 Å². The number of rotatable bonds is 7. The summed E-state index contributed by atoms with van der Waals surface area (Å²) < 4.78 is 0. The number of benzene rings is 1. The van der Waals surface area contributed by atoms with Crippen LogP contribution in [0.2, 0.25) is 0 Å². The first-order valence-electron chi connectivity index (χ1n) is 5.70. The van der Waals surface area contributed by atoms with E-state index in [9.17, 15) is 9.59 Å². The third-order valence-corrected chi connectivity index (χ3v) is 3.06. The van der Waals surface area contributed by atoms with Gasteiger partial charge < -0.3 is 10.2 Å². The van der Waals surface area contributed by atoms with Gasteiger partial charge in [-0.3, -0.25) is 4.79 Å². The summed E-state index contributed by atoms with van der Waals surface area (Å²) >= 11 is 4.07. The molecule has 2 N–H and O–H groups in total. The molecular formula is C13H16O4S. The molecule has 0 heterocycles. The zero-order valence-corrected chi connectivity index (χ0v) is 10.8. The standard InChI is InChI=1S/C13H16O4S/c14-12(15)10-5-3-9(4-6-10)8-11(13(16)17)2-1-7-18/h3-6,11,18H,1-2,7-8H2,(H,14,15)(H,16,17). The lowest BCUT2D eigenvalue weighted by Crippen LogP contribution is -2.16. The van der Waals surface area contributed by atoms with Gasteiger partial charge in [0.05, 0.1) is 11.5 Å². The monoisotopic (exact) mass is 268 g/mol. The number of hydrogen-bond donors (Lipinski definition) is 3. The van der Waals surface area contributed by atoms with E-state index in [0.717, 1.165) is 12.0 Å². The van der Waals surface area contributed by atoms with Gasteiger partial charge in [0.2, 0.25) is 0 Å². The highest BCUT2D eigenvalue weighted by Gasteiger charge is 2.17. The Morgan fingerprint density at radius 1 is 1.17 bits per heavy atom. The van der Waals surface area contributed by atoms with E-state index >= 15 is 0 Å². The first-order chi connectivity index (χ1) is 8.54. The third-order valence-electron chi connectivity index (χ3n) is 2.74.